The fraction of sp³-hybridized carbons (Fsp3) is 0.583. The highest BCUT2D eigenvalue weighted by Crippen LogP contribution is 2.32. The Morgan fingerprint density at radius 3 is 2.44 bits per heavy atom. The van der Waals surface area contributed by atoms with Crippen LogP contribution in [0.15, 0.2) is 12.1 Å². The van der Waals surface area contributed by atoms with E-state index in [2.05, 4.69) is 18.8 Å². The van der Waals surface area contributed by atoms with Gasteiger partial charge in [-0.25, -0.2) is 4.98 Å². The number of anilines is 2. The summed E-state index contributed by atoms with van der Waals surface area (Å²) in [6, 6.07) is 1.87. The van der Waals surface area contributed by atoms with E-state index in [1.54, 1.807) is 11.9 Å². The summed E-state index contributed by atoms with van der Waals surface area (Å²) in [5, 5.41) is 0. The summed E-state index contributed by atoms with van der Waals surface area (Å²) in [5.74, 6) is 0.620. The third-order valence-corrected chi connectivity index (χ3v) is 2.59. The summed E-state index contributed by atoms with van der Waals surface area (Å²) in [5.41, 5.74) is 4.65. The molecule has 0 saturated heterocycles. The van der Waals surface area contributed by atoms with Crippen LogP contribution >= 0.6 is 0 Å². The predicted molar refractivity (Wildman–Crippen MR) is 66.4 cm³/mol. The molecule has 0 unspecified atom stereocenters. The van der Waals surface area contributed by atoms with E-state index in [1.165, 1.54) is 0 Å². The Morgan fingerprint density at radius 1 is 1.33 bits per heavy atom. The molecule has 0 radical (unpaired) electrons. The lowest BCUT2D eigenvalue weighted by molar-refractivity contribution is -0.137. The third kappa shape index (κ3) is 4.09. The molecule has 102 valence electrons. The first-order valence-electron chi connectivity index (χ1n) is 5.76. The van der Waals surface area contributed by atoms with Crippen LogP contribution in [0.4, 0.5) is 24.8 Å². The molecule has 0 aromatic carbocycles. The Bertz CT molecular complexity index is 402. The topological polar surface area (TPSA) is 42.1 Å². The van der Waals surface area contributed by atoms with Gasteiger partial charge in [0.05, 0.1) is 5.56 Å². The van der Waals surface area contributed by atoms with Crippen molar-refractivity contribution in [1.29, 1.82) is 0 Å². The van der Waals surface area contributed by atoms with Gasteiger partial charge in [-0.3, -0.25) is 0 Å². The van der Waals surface area contributed by atoms with Gasteiger partial charge in [0.15, 0.2) is 0 Å². The zero-order chi connectivity index (χ0) is 13.9. The van der Waals surface area contributed by atoms with Crippen LogP contribution in [0, 0.1) is 5.92 Å². The highest BCUT2D eigenvalue weighted by atomic mass is 19.4. The van der Waals surface area contributed by atoms with Gasteiger partial charge in [-0.1, -0.05) is 13.8 Å². The molecule has 0 bridgehead atoms. The molecule has 0 aliphatic rings. The molecular formula is C12H18F3N3. The van der Waals surface area contributed by atoms with Gasteiger partial charge < -0.3 is 10.6 Å². The molecule has 3 nitrogen and oxygen atoms in total. The summed E-state index contributed by atoms with van der Waals surface area (Å²) in [6.45, 7) is 4.76. The first kappa shape index (κ1) is 14.6. The first-order valence-corrected chi connectivity index (χ1v) is 5.76. The maximum absolute atomic E-state index is 12.6. The number of rotatable bonds is 4. The lowest BCUT2D eigenvalue weighted by atomic mass is 10.1. The number of nitrogen functional groups attached to an aromatic ring is 1. The van der Waals surface area contributed by atoms with Gasteiger partial charge in [-0.2, -0.15) is 13.2 Å². The lowest BCUT2D eigenvalue weighted by Crippen LogP contribution is -2.22. The molecule has 0 spiro atoms. The van der Waals surface area contributed by atoms with Crippen LogP contribution in [0.3, 0.4) is 0 Å². The second kappa shape index (κ2) is 5.46. The second-order valence-corrected chi connectivity index (χ2v) is 4.74. The molecule has 1 rings (SSSR count). The monoisotopic (exact) mass is 261 g/mol. The van der Waals surface area contributed by atoms with Crippen LogP contribution in [0.2, 0.25) is 0 Å². The number of halogens is 3. The van der Waals surface area contributed by atoms with Gasteiger partial charge in [0.1, 0.15) is 11.6 Å². The van der Waals surface area contributed by atoms with E-state index >= 15 is 0 Å². The summed E-state index contributed by atoms with van der Waals surface area (Å²) >= 11 is 0. The molecular weight excluding hydrogens is 243 g/mol. The fourth-order valence-corrected chi connectivity index (χ4v) is 1.46. The van der Waals surface area contributed by atoms with Crippen molar-refractivity contribution >= 4 is 11.6 Å². The van der Waals surface area contributed by atoms with E-state index in [4.69, 9.17) is 5.73 Å². The van der Waals surface area contributed by atoms with Crippen molar-refractivity contribution in [3.8, 4) is 0 Å². The molecule has 0 atom stereocenters. The molecule has 1 aromatic heterocycles. The van der Waals surface area contributed by atoms with Crippen molar-refractivity contribution < 1.29 is 13.2 Å². The lowest BCUT2D eigenvalue weighted by Gasteiger charge is -2.20. The maximum atomic E-state index is 12.6. The Balaban J connectivity index is 2.92. The van der Waals surface area contributed by atoms with Gasteiger partial charge in [-0.15, -0.1) is 0 Å². The fourth-order valence-electron chi connectivity index (χ4n) is 1.46. The number of nitrogens with zero attached hydrogens (tertiary/aromatic N) is 2. The van der Waals surface area contributed by atoms with E-state index in [0.29, 0.717) is 12.5 Å². The highest BCUT2D eigenvalue weighted by molar-refractivity contribution is 5.48. The van der Waals surface area contributed by atoms with Gasteiger partial charge in [0, 0.05) is 13.6 Å². The van der Waals surface area contributed by atoms with Crippen LogP contribution < -0.4 is 10.6 Å². The number of hydrogen-bond acceptors (Lipinski definition) is 3. The van der Waals surface area contributed by atoms with E-state index < -0.39 is 11.7 Å². The molecule has 18 heavy (non-hydrogen) atoms. The minimum absolute atomic E-state index is 0.115. The Morgan fingerprint density at radius 2 is 1.94 bits per heavy atom. The summed E-state index contributed by atoms with van der Waals surface area (Å²) < 4.78 is 37.9. The largest absolute Gasteiger partial charge is 0.416 e. The summed E-state index contributed by atoms with van der Waals surface area (Å²) in [6.07, 6.45) is -3.51. The second-order valence-electron chi connectivity index (χ2n) is 4.74. The van der Waals surface area contributed by atoms with Crippen LogP contribution in [-0.4, -0.2) is 18.6 Å². The average molecular weight is 261 g/mol. The maximum Gasteiger partial charge on any atom is 0.416 e. The number of hydrogen-bond donors (Lipinski definition) is 1. The van der Waals surface area contributed by atoms with Gasteiger partial charge in [-0.05, 0) is 24.5 Å². The van der Waals surface area contributed by atoms with Crippen molar-refractivity contribution in [1.82, 2.24) is 4.98 Å². The molecule has 2 N–H and O–H groups in total. The van der Waals surface area contributed by atoms with Crippen LogP contribution in [0.25, 0.3) is 0 Å². The molecule has 6 heteroatoms. The van der Waals surface area contributed by atoms with E-state index in [9.17, 15) is 13.2 Å². The Hall–Kier alpha value is -1.46. The van der Waals surface area contributed by atoms with Crippen molar-refractivity contribution in [3.63, 3.8) is 0 Å². The van der Waals surface area contributed by atoms with E-state index in [1.807, 2.05) is 0 Å². The summed E-state index contributed by atoms with van der Waals surface area (Å²) in [7, 11) is 1.71. The van der Waals surface area contributed by atoms with Crippen LogP contribution in [0.5, 0.6) is 0 Å². The predicted octanol–water partition coefficient (Wildman–Crippen LogP) is 3.16. The average Bonchev–Trinajstić information content (AvgIpc) is 2.23. The highest BCUT2D eigenvalue weighted by Gasteiger charge is 2.31. The molecule has 0 amide bonds. The van der Waals surface area contributed by atoms with Crippen molar-refractivity contribution in [2.45, 2.75) is 26.4 Å². The first-order chi connectivity index (χ1) is 8.20. The van der Waals surface area contributed by atoms with E-state index in [0.717, 1.165) is 18.6 Å². The number of nitrogens with two attached hydrogens (primary N) is 1. The zero-order valence-corrected chi connectivity index (χ0v) is 10.8. The molecule has 1 heterocycles. The standard InChI is InChI=1S/C12H18F3N3/c1-8(2)4-5-18(3)11-7-9(12(13,14)15)6-10(16)17-11/h6-8H,4-5H2,1-3H3,(H2,16,17). The van der Waals surface area contributed by atoms with Crippen LogP contribution in [-0.2, 0) is 6.18 Å². The Kier molecular flexibility index (Phi) is 4.43. The number of aromatic nitrogens is 1. The normalized spacial score (nSPS) is 11.9. The smallest absolute Gasteiger partial charge is 0.384 e. The SMILES string of the molecule is CC(C)CCN(C)c1cc(C(F)(F)F)cc(N)n1. The quantitative estimate of drug-likeness (QED) is 0.905. The molecule has 0 aliphatic carbocycles. The van der Waals surface area contributed by atoms with Gasteiger partial charge in [0.25, 0.3) is 0 Å². The van der Waals surface area contributed by atoms with Crippen molar-refractivity contribution in [2.24, 2.45) is 5.92 Å². The number of alkyl halides is 3. The molecule has 1 aromatic rings. The molecule has 0 fully saturated rings. The zero-order valence-electron chi connectivity index (χ0n) is 10.8. The van der Waals surface area contributed by atoms with Gasteiger partial charge in [0.2, 0.25) is 0 Å². The van der Waals surface area contributed by atoms with E-state index in [-0.39, 0.29) is 11.6 Å². The minimum Gasteiger partial charge on any atom is -0.384 e. The molecule has 0 saturated carbocycles. The third-order valence-electron chi connectivity index (χ3n) is 2.59. The molecule has 0 aliphatic heterocycles. The van der Waals surface area contributed by atoms with Crippen molar-refractivity contribution in [2.75, 3.05) is 24.2 Å². The van der Waals surface area contributed by atoms with Crippen molar-refractivity contribution in [3.05, 3.63) is 17.7 Å². The minimum atomic E-state index is -4.40. The summed E-state index contributed by atoms with van der Waals surface area (Å²) in [4.78, 5) is 5.62. The van der Waals surface area contributed by atoms with Crippen LogP contribution in [0.1, 0.15) is 25.8 Å². The Labute approximate surface area is 105 Å². The van der Waals surface area contributed by atoms with Gasteiger partial charge >= 0.3 is 6.18 Å². The number of pyridine rings is 1.